The van der Waals surface area contributed by atoms with Gasteiger partial charge in [-0.15, -0.1) is 138 Å². The third-order valence-corrected chi connectivity index (χ3v) is 12.7. The van der Waals surface area contributed by atoms with E-state index in [0.29, 0.717) is 0 Å². The smallest absolute Gasteiger partial charge is 1.00 e. The number of rotatable bonds is 4. The van der Waals surface area contributed by atoms with Crippen molar-refractivity contribution in [2.75, 3.05) is 0 Å². The fourth-order valence-corrected chi connectivity index (χ4v) is 8.68. The van der Waals surface area contributed by atoms with E-state index in [1.165, 1.54) is 48.5 Å². The maximum Gasteiger partial charge on any atom is 2.00 e. The fraction of sp³-hybridized carbons (Fsp3) is 0.0625. The first-order valence-corrected chi connectivity index (χ1v) is 23.5. The van der Waals surface area contributed by atoms with Gasteiger partial charge in [0, 0.05) is 0 Å². The number of hydrogen-bond acceptors (Lipinski definition) is 0. The third kappa shape index (κ3) is 16.0. The molecule has 404 valence electrons. The summed E-state index contributed by atoms with van der Waals surface area (Å²) in [5.41, 5.74) is 4.47. The largest absolute Gasteiger partial charge is 2.00 e. The van der Waals surface area contributed by atoms with Crippen LogP contribution in [0.15, 0.2) is 243 Å². The summed E-state index contributed by atoms with van der Waals surface area (Å²) in [4.78, 5) is 0. The van der Waals surface area contributed by atoms with Crippen LogP contribution in [0.5, 0.6) is 0 Å². The minimum absolute atomic E-state index is 0. The molecule has 12 aromatic carbocycles. The van der Waals surface area contributed by atoms with Crippen LogP contribution in [-0.4, -0.2) is 0 Å². The Morgan fingerprint density at radius 3 is 0.537 bits per heavy atom. The summed E-state index contributed by atoms with van der Waals surface area (Å²) in [7, 11) is 0. The SMILES string of the molecule is FC(F)(F)c1ccc(-c2cc3ccccc3[cH-]2)cc1.FC(F)(F)c1ccc(-c2cc3ccccc3[cH-]2)cc1.FC(F)(F)c1ccc(-c2cc3ccccc3[cH-]2)cc1.FC(F)(F)c1ccc(-c2cc3ccccc3[cH-]2)cc1.[Cl-].[Cl-].[Zr+2].[Zr+2]. The molecule has 0 atom stereocenters. The van der Waals surface area contributed by atoms with Gasteiger partial charge in [0.2, 0.25) is 0 Å². The van der Waals surface area contributed by atoms with E-state index in [2.05, 4.69) is 0 Å². The predicted octanol–water partition coefficient (Wildman–Crippen LogP) is 15.0. The second-order valence-electron chi connectivity index (χ2n) is 17.8. The van der Waals surface area contributed by atoms with E-state index < -0.39 is 47.0 Å². The van der Waals surface area contributed by atoms with Crippen LogP contribution in [0.2, 0.25) is 0 Å². The summed E-state index contributed by atoms with van der Waals surface area (Å²) in [6.07, 6.45) is -17.1. The van der Waals surface area contributed by atoms with Crippen LogP contribution < -0.4 is 24.8 Å². The zero-order chi connectivity index (χ0) is 53.8. The molecule has 16 heteroatoms. The van der Waals surface area contributed by atoms with Crippen LogP contribution in [0.4, 0.5) is 52.7 Å². The van der Waals surface area contributed by atoms with Crippen LogP contribution in [0.1, 0.15) is 22.3 Å². The maximum atomic E-state index is 12.5. The fourth-order valence-electron chi connectivity index (χ4n) is 8.68. The first-order valence-electron chi connectivity index (χ1n) is 23.5. The molecule has 0 bridgehead atoms. The van der Waals surface area contributed by atoms with Crippen molar-refractivity contribution >= 4 is 43.1 Å². The summed E-state index contributed by atoms with van der Waals surface area (Å²) in [6, 6.07) is 68.4. The molecule has 0 aliphatic heterocycles. The van der Waals surface area contributed by atoms with Gasteiger partial charge in [0.05, 0.1) is 22.3 Å². The maximum absolute atomic E-state index is 12.5. The van der Waals surface area contributed by atoms with Crippen LogP contribution in [0, 0.1) is 0 Å². The Morgan fingerprint density at radius 1 is 0.225 bits per heavy atom. The van der Waals surface area contributed by atoms with Gasteiger partial charge in [-0.05, 0) is 0 Å². The molecule has 0 aliphatic rings. The summed E-state index contributed by atoms with van der Waals surface area (Å²) < 4.78 is 150. The van der Waals surface area contributed by atoms with Crippen molar-refractivity contribution in [3.05, 3.63) is 265 Å². The average Bonchev–Trinajstić information content (AvgIpc) is 4.23. The first kappa shape index (κ1) is 64.5. The van der Waals surface area contributed by atoms with Crippen molar-refractivity contribution in [2.24, 2.45) is 0 Å². The van der Waals surface area contributed by atoms with Crippen molar-refractivity contribution in [2.45, 2.75) is 24.7 Å². The topological polar surface area (TPSA) is 0 Å². The Labute approximate surface area is 503 Å². The van der Waals surface area contributed by atoms with Crippen molar-refractivity contribution < 1.29 is 130 Å². The molecule has 0 fully saturated rings. The molecule has 0 heterocycles. The van der Waals surface area contributed by atoms with Crippen LogP contribution >= 0.6 is 0 Å². The van der Waals surface area contributed by atoms with E-state index in [4.69, 9.17) is 0 Å². The number of hydrogen-bond donors (Lipinski definition) is 0. The van der Waals surface area contributed by atoms with Gasteiger partial charge in [0.15, 0.2) is 0 Å². The van der Waals surface area contributed by atoms with Crippen LogP contribution in [-0.2, 0) is 77.1 Å². The zero-order valence-electron chi connectivity index (χ0n) is 41.4. The molecule has 0 aromatic heterocycles. The standard InChI is InChI=1S/4C16H10F3.2ClH.2Zr/c4*17-16(18,19)15-7-5-11(6-8-15)14-9-12-3-1-2-4-13(12)10-14;;;;/h4*1-10H;2*1H;;/q4*-1;;;2*+2/p-2. The van der Waals surface area contributed by atoms with Gasteiger partial charge in [-0.1, -0.05) is 192 Å². The summed E-state index contributed by atoms with van der Waals surface area (Å²) in [5.74, 6) is 0. The van der Waals surface area contributed by atoms with E-state index >= 15 is 0 Å². The Balaban J connectivity index is 0.000000193. The molecule has 0 saturated carbocycles. The van der Waals surface area contributed by atoms with Crippen molar-refractivity contribution in [1.29, 1.82) is 0 Å². The van der Waals surface area contributed by atoms with Gasteiger partial charge in [-0.25, -0.2) is 0 Å². The number of halogens is 14. The quantitative estimate of drug-likeness (QED) is 0.122. The van der Waals surface area contributed by atoms with E-state index in [-0.39, 0.29) is 77.2 Å². The summed E-state index contributed by atoms with van der Waals surface area (Å²) in [6.45, 7) is 0. The van der Waals surface area contributed by atoms with Gasteiger partial charge in [0.1, 0.15) is 0 Å². The molecule has 0 saturated heterocycles. The van der Waals surface area contributed by atoms with Gasteiger partial charge in [-0.3, -0.25) is 0 Å². The molecule has 0 spiro atoms. The molecule has 0 N–H and O–H groups in total. The Kier molecular flexibility index (Phi) is 21.8. The number of fused-ring (bicyclic) bond motifs is 4. The van der Waals surface area contributed by atoms with Crippen molar-refractivity contribution in [3.8, 4) is 44.5 Å². The summed E-state index contributed by atoms with van der Waals surface area (Å²) >= 11 is 0. The van der Waals surface area contributed by atoms with E-state index in [9.17, 15) is 52.7 Å². The van der Waals surface area contributed by atoms with Gasteiger partial charge >= 0.3 is 77.1 Å². The molecule has 0 amide bonds. The Morgan fingerprint density at radius 2 is 0.388 bits per heavy atom. The average molecular weight is 1290 g/mol. The molecular weight excluding hydrogens is 1250 g/mol. The minimum atomic E-state index is -4.28. The Bertz CT molecular complexity index is 3220. The monoisotopic (exact) mass is 1290 g/mol. The predicted molar refractivity (Wildman–Crippen MR) is 280 cm³/mol. The summed E-state index contributed by atoms with van der Waals surface area (Å²) in [5, 5.41) is 8.76. The van der Waals surface area contributed by atoms with Gasteiger partial charge < -0.3 is 24.8 Å². The van der Waals surface area contributed by atoms with Gasteiger partial charge in [-0.2, -0.15) is 52.7 Å². The van der Waals surface area contributed by atoms with Crippen LogP contribution in [0.3, 0.4) is 0 Å². The van der Waals surface area contributed by atoms with Crippen LogP contribution in [0.25, 0.3) is 87.6 Å². The minimum Gasteiger partial charge on any atom is -1.00 e. The van der Waals surface area contributed by atoms with E-state index in [1.54, 1.807) is 0 Å². The van der Waals surface area contributed by atoms with Crippen molar-refractivity contribution in [3.63, 3.8) is 0 Å². The normalized spacial score (nSPS) is 11.3. The van der Waals surface area contributed by atoms with E-state index in [1.807, 2.05) is 146 Å². The Hall–Kier alpha value is -6.29. The molecule has 12 rings (SSSR count). The second kappa shape index (κ2) is 27.0. The third-order valence-electron chi connectivity index (χ3n) is 12.7. The molecule has 0 unspecified atom stereocenters. The number of alkyl halides is 12. The van der Waals surface area contributed by atoms with Crippen molar-refractivity contribution in [1.82, 2.24) is 0 Å². The number of benzene rings is 8. The van der Waals surface area contributed by atoms with Gasteiger partial charge in [0.25, 0.3) is 0 Å². The first-order chi connectivity index (χ1) is 36.2. The molecule has 0 aliphatic carbocycles. The molecule has 80 heavy (non-hydrogen) atoms. The molecule has 0 radical (unpaired) electrons. The molecule has 12 aromatic rings. The molecule has 0 nitrogen and oxygen atoms in total. The zero-order valence-corrected chi connectivity index (χ0v) is 47.8. The van der Waals surface area contributed by atoms with E-state index in [0.717, 1.165) is 136 Å². The molecular formula is C64H40Cl2F12Zr2-2. The second-order valence-corrected chi connectivity index (χ2v) is 17.8.